The van der Waals surface area contributed by atoms with Gasteiger partial charge in [-0.1, -0.05) is 6.08 Å². The zero-order valence-corrected chi connectivity index (χ0v) is 10.9. The Bertz CT molecular complexity index is 490. The SMILES string of the molecule is C=CCOC1CCN(c2nccc(C)c2[N+](=O)[O-])C1. The predicted octanol–water partition coefficient (Wildman–Crippen LogP) is 2.08. The van der Waals surface area contributed by atoms with Gasteiger partial charge in [-0.3, -0.25) is 10.1 Å². The molecule has 0 saturated carbocycles. The van der Waals surface area contributed by atoms with Crippen molar-refractivity contribution in [3.05, 3.63) is 40.6 Å². The van der Waals surface area contributed by atoms with Gasteiger partial charge in [-0.15, -0.1) is 6.58 Å². The van der Waals surface area contributed by atoms with Crippen molar-refractivity contribution < 1.29 is 9.66 Å². The van der Waals surface area contributed by atoms with Gasteiger partial charge in [-0.2, -0.15) is 0 Å². The maximum Gasteiger partial charge on any atom is 0.314 e. The fourth-order valence-electron chi connectivity index (χ4n) is 2.25. The van der Waals surface area contributed by atoms with Crippen LogP contribution in [0.3, 0.4) is 0 Å². The van der Waals surface area contributed by atoms with Crippen molar-refractivity contribution >= 4 is 11.5 Å². The summed E-state index contributed by atoms with van der Waals surface area (Å²) in [7, 11) is 0. The van der Waals surface area contributed by atoms with E-state index in [-0.39, 0.29) is 16.7 Å². The molecule has 0 aromatic carbocycles. The third-order valence-electron chi connectivity index (χ3n) is 3.18. The number of pyridine rings is 1. The fraction of sp³-hybridized carbons (Fsp3) is 0.462. The number of ether oxygens (including phenoxy) is 1. The van der Waals surface area contributed by atoms with Crippen molar-refractivity contribution in [3.63, 3.8) is 0 Å². The van der Waals surface area contributed by atoms with Gasteiger partial charge in [0.15, 0.2) is 0 Å². The van der Waals surface area contributed by atoms with Crippen molar-refractivity contribution in [2.45, 2.75) is 19.4 Å². The van der Waals surface area contributed by atoms with Gasteiger partial charge < -0.3 is 9.64 Å². The molecule has 0 radical (unpaired) electrons. The van der Waals surface area contributed by atoms with E-state index >= 15 is 0 Å². The molecule has 19 heavy (non-hydrogen) atoms. The van der Waals surface area contributed by atoms with Crippen LogP contribution < -0.4 is 4.90 Å². The molecule has 2 rings (SSSR count). The van der Waals surface area contributed by atoms with Crippen LogP contribution in [-0.4, -0.2) is 35.7 Å². The first-order chi connectivity index (χ1) is 9.13. The molecule has 1 aliphatic heterocycles. The molecule has 1 unspecified atom stereocenters. The zero-order chi connectivity index (χ0) is 13.8. The molecule has 6 nitrogen and oxygen atoms in total. The number of anilines is 1. The van der Waals surface area contributed by atoms with Crippen LogP contribution in [0.25, 0.3) is 0 Å². The Balaban J connectivity index is 2.17. The van der Waals surface area contributed by atoms with E-state index in [4.69, 9.17) is 4.74 Å². The number of aryl methyl sites for hydroxylation is 1. The molecule has 0 aliphatic carbocycles. The topological polar surface area (TPSA) is 68.5 Å². The zero-order valence-electron chi connectivity index (χ0n) is 10.9. The second-order valence-corrected chi connectivity index (χ2v) is 4.54. The average Bonchev–Trinajstić information content (AvgIpc) is 2.84. The number of hydrogen-bond donors (Lipinski definition) is 0. The van der Waals surface area contributed by atoms with Crippen LogP contribution in [0.4, 0.5) is 11.5 Å². The first kappa shape index (κ1) is 13.5. The fourth-order valence-corrected chi connectivity index (χ4v) is 2.25. The van der Waals surface area contributed by atoms with Crippen LogP contribution in [0.5, 0.6) is 0 Å². The summed E-state index contributed by atoms with van der Waals surface area (Å²) in [6, 6.07) is 1.66. The minimum Gasteiger partial charge on any atom is -0.372 e. The minimum absolute atomic E-state index is 0.0833. The molecule has 6 heteroatoms. The van der Waals surface area contributed by atoms with Crippen LogP contribution in [0.2, 0.25) is 0 Å². The molecular formula is C13H17N3O3. The van der Waals surface area contributed by atoms with Crippen LogP contribution in [0.15, 0.2) is 24.9 Å². The Hall–Kier alpha value is -1.95. The van der Waals surface area contributed by atoms with E-state index in [0.717, 1.165) is 13.0 Å². The molecule has 1 aromatic rings. The lowest BCUT2D eigenvalue weighted by Crippen LogP contribution is -2.24. The van der Waals surface area contributed by atoms with Gasteiger partial charge in [0.25, 0.3) is 0 Å². The van der Waals surface area contributed by atoms with Crippen molar-refractivity contribution in [1.82, 2.24) is 4.98 Å². The molecule has 1 saturated heterocycles. The van der Waals surface area contributed by atoms with Crippen LogP contribution in [0, 0.1) is 17.0 Å². The first-order valence-electron chi connectivity index (χ1n) is 6.21. The number of hydrogen-bond acceptors (Lipinski definition) is 5. The maximum atomic E-state index is 11.1. The summed E-state index contributed by atoms with van der Waals surface area (Å²) < 4.78 is 5.58. The van der Waals surface area contributed by atoms with E-state index in [0.29, 0.717) is 24.5 Å². The monoisotopic (exact) mass is 263 g/mol. The molecule has 2 heterocycles. The van der Waals surface area contributed by atoms with Crippen molar-refractivity contribution in [2.24, 2.45) is 0 Å². The Kier molecular flexibility index (Phi) is 4.11. The minimum atomic E-state index is -0.365. The summed E-state index contributed by atoms with van der Waals surface area (Å²) >= 11 is 0. The van der Waals surface area contributed by atoms with E-state index in [2.05, 4.69) is 11.6 Å². The normalized spacial score (nSPS) is 18.6. The molecule has 0 spiro atoms. The third-order valence-corrected chi connectivity index (χ3v) is 3.18. The van der Waals surface area contributed by atoms with Crippen molar-refractivity contribution in [2.75, 3.05) is 24.6 Å². The lowest BCUT2D eigenvalue weighted by molar-refractivity contribution is -0.384. The molecular weight excluding hydrogens is 246 g/mol. The Morgan fingerprint density at radius 2 is 2.53 bits per heavy atom. The Morgan fingerprint density at radius 1 is 1.74 bits per heavy atom. The molecule has 102 valence electrons. The highest BCUT2D eigenvalue weighted by Gasteiger charge is 2.30. The number of nitro groups is 1. The number of nitrogens with zero attached hydrogens (tertiary/aromatic N) is 3. The molecule has 1 aromatic heterocycles. The number of rotatable bonds is 5. The summed E-state index contributed by atoms with van der Waals surface area (Å²) in [5.41, 5.74) is 0.720. The predicted molar refractivity (Wildman–Crippen MR) is 72.4 cm³/mol. The Morgan fingerprint density at radius 3 is 3.21 bits per heavy atom. The molecule has 0 bridgehead atoms. The van der Waals surface area contributed by atoms with Crippen LogP contribution >= 0.6 is 0 Å². The van der Waals surface area contributed by atoms with Gasteiger partial charge in [0.1, 0.15) is 0 Å². The lowest BCUT2D eigenvalue weighted by Gasteiger charge is -2.17. The third kappa shape index (κ3) is 2.90. The highest BCUT2D eigenvalue weighted by atomic mass is 16.6. The largest absolute Gasteiger partial charge is 0.372 e. The Labute approximate surface area is 111 Å². The van der Waals surface area contributed by atoms with Gasteiger partial charge >= 0.3 is 5.69 Å². The summed E-state index contributed by atoms with van der Waals surface area (Å²) in [5.74, 6) is 0.440. The quantitative estimate of drug-likeness (QED) is 0.462. The molecule has 1 aliphatic rings. The second kappa shape index (κ2) is 5.79. The lowest BCUT2D eigenvalue weighted by atomic mass is 10.2. The highest BCUT2D eigenvalue weighted by molar-refractivity contribution is 5.62. The summed E-state index contributed by atoms with van der Waals surface area (Å²) in [4.78, 5) is 16.9. The second-order valence-electron chi connectivity index (χ2n) is 4.54. The van der Waals surface area contributed by atoms with Gasteiger partial charge in [0.05, 0.1) is 17.6 Å². The maximum absolute atomic E-state index is 11.1. The molecule has 1 atom stereocenters. The van der Waals surface area contributed by atoms with Crippen LogP contribution in [0.1, 0.15) is 12.0 Å². The summed E-state index contributed by atoms with van der Waals surface area (Å²) in [6.07, 6.45) is 4.24. The molecule has 1 fully saturated rings. The van der Waals surface area contributed by atoms with E-state index in [9.17, 15) is 10.1 Å². The summed E-state index contributed by atoms with van der Waals surface area (Å²) in [5, 5.41) is 11.1. The molecule has 0 N–H and O–H groups in total. The van der Waals surface area contributed by atoms with E-state index in [1.165, 1.54) is 0 Å². The van der Waals surface area contributed by atoms with Gasteiger partial charge in [0, 0.05) is 24.8 Å². The number of aromatic nitrogens is 1. The van der Waals surface area contributed by atoms with E-state index < -0.39 is 0 Å². The van der Waals surface area contributed by atoms with E-state index in [1.807, 2.05) is 4.90 Å². The smallest absolute Gasteiger partial charge is 0.314 e. The van der Waals surface area contributed by atoms with Crippen molar-refractivity contribution in [1.29, 1.82) is 0 Å². The molecule has 0 amide bonds. The van der Waals surface area contributed by atoms with E-state index in [1.54, 1.807) is 25.3 Å². The standard InChI is InChI=1S/C13H17N3O3/c1-3-8-19-11-5-7-15(9-11)13-12(16(17)18)10(2)4-6-14-13/h3-4,6,11H,1,5,7-9H2,2H3. The van der Waals surface area contributed by atoms with Gasteiger partial charge in [-0.25, -0.2) is 4.98 Å². The van der Waals surface area contributed by atoms with Gasteiger partial charge in [0.2, 0.25) is 5.82 Å². The average molecular weight is 263 g/mol. The van der Waals surface area contributed by atoms with Crippen molar-refractivity contribution in [3.8, 4) is 0 Å². The van der Waals surface area contributed by atoms with Gasteiger partial charge in [-0.05, 0) is 19.4 Å². The summed E-state index contributed by atoms with van der Waals surface area (Å²) in [6.45, 7) is 7.19. The van der Waals surface area contributed by atoms with Crippen LogP contribution in [-0.2, 0) is 4.74 Å². The highest BCUT2D eigenvalue weighted by Crippen LogP contribution is 2.31. The first-order valence-corrected chi connectivity index (χ1v) is 6.21.